The quantitative estimate of drug-likeness (QED) is 0.726. The van der Waals surface area contributed by atoms with E-state index in [0.29, 0.717) is 5.69 Å². The van der Waals surface area contributed by atoms with Crippen molar-refractivity contribution in [3.63, 3.8) is 0 Å². The molecule has 0 aliphatic carbocycles. The smallest absolute Gasteiger partial charge is 0.273 e. The third kappa shape index (κ3) is 2.06. The van der Waals surface area contributed by atoms with Crippen LogP contribution in [0.3, 0.4) is 0 Å². The molecular formula is C9H14N2OS. The lowest BCUT2D eigenvalue weighted by molar-refractivity contribution is 0.0796. The molecule has 0 unspecified atom stereocenters. The van der Waals surface area contributed by atoms with Gasteiger partial charge in [0.25, 0.3) is 5.91 Å². The number of aryl methyl sites for hydroxylation is 2. The number of carbonyl (C=O) groups is 1. The Kier molecular flexibility index (Phi) is 3.03. The van der Waals surface area contributed by atoms with E-state index in [2.05, 4.69) is 4.98 Å². The minimum atomic E-state index is 0.0179. The predicted octanol–water partition coefficient (Wildman–Crippen LogP) is 1.85. The van der Waals surface area contributed by atoms with Crippen LogP contribution in [0.1, 0.15) is 27.3 Å². The fourth-order valence-corrected chi connectivity index (χ4v) is 1.86. The Morgan fingerprint density at radius 2 is 2.15 bits per heavy atom. The standard InChI is InChI=1S/C9H14N2OS/c1-5-11(4)9(12)8-6(2)13-7(3)10-8/h5H2,1-4H3. The van der Waals surface area contributed by atoms with Gasteiger partial charge in [0.15, 0.2) is 0 Å². The van der Waals surface area contributed by atoms with Crippen LogP contribution in [-0.2, 0) is 0 Å². The molecule has 0 bridgehead atoms. The van der Waals surface area contributed by atoms with E-state index < -0.39 is 0 Å². The van der Waals surface area contributed by atoms with E-state index in [-0.39, 0.29) is 5.91 Å². The topological polar surface area (TPSA) is 33.2 Å². The zero-order valence-electron chi connectivity index (χ0n) is 8.42. The molecule has 0 aliphatic heterocycles. The molecule has 0 saturated heterocycles. The van der Waals surface area contributed by atoms with E-state index in [9.17, 15) is 4.79 Å². The molecule has 1 amide bonds. The minimum Gasteiger partial charge on any atom is -0.341 e. The highest BCUT2D eigenvalue weighted by molar-refractivity contribution is 7.11. The van der Waals surface area contributed by atoms with Gasteiger partial charge in [-0.2, -0.15) is 0 Å². The van der Waals surface area contributed by atoms with Gasteiger partial charge < -0.3 is 4.90 Å². The molecule has 0 fully saturated rings. The van der Waals surface area contributed by atoms with E-state index in [1.807, 2.05) is 20.8 Å². The highest BCUT2D eigenvalue weighted by atomic mass is 32.1. The largest absolute Gasteiger partial charge is 0.341 e. The first-order valence-corrected chi connectivity index (χ1v) is 5.07. The van der Waals surface area contributed by atoms with Gasteiger partial charge in [-0.15, -0.1) is 11.3 Å². The van der Waals surface area contributed by atoms with Crippen molar-refractivity contribution in [2.45, 2.75) is 20.8 Å². The Hall–Kier alpha value is -0.900. The maximum absolute atomic E-state index is 11.7. The molecule has 13 heavy (non-hydrogen) atoms. The Balaban J connectivity index is 2.94. The summed E-state index contributed by atoms with van der Waals surface area (Å²) in [4.78, 5) is 18.6. The summed E-state index contributed by atoms with van der Waals surface area (Å²) in [6.45, 7) is 6.52. The summed E-state index contributed by atoms with van der Waals surface area (Å²) in [5.41, 5.74) is 0.604. The van der Waals surface area contributed by atoms with E-state index >= 15 is 0 Å². The number of carbonyl (C=O) groups excluding carboxylic acids is 1. The Morgan fingerprint density at radius 1 is 1.54 bits per heavy atom. The first kappa shape index (κ1) is 10.2. The van der Waals surface area contributed by atoms with Gasteiger partial charge in [0.05, 0.1) is 5.01 Å². The van der Waals surface area contributed by atoms with Crippen LogP contribution in [-0.4, -0.2) is 29.4 Å². The second-order valence-corrected chi connectivity index (χ2v) is 4.36. The van der Waals surface area contributed by atoms with Crippen molar-refractivity contribution in [2.24, 2.45) is 0 Å². The Bertz CT molecular complexity index is 319. The molecule has 0 aliphatic rings. The second-order valence-electron chi connectivity index (χ2n) is 2.96. The third-order valence-corrected chi connectivity index (χ3v) is 2.81. The lowest BCUT2D eigenvalue weighted by atomic mass is 10.3. The number of hydrogen-bond acceptors (Lipinski definition) is 3. The van der Waals surface area contributed by atoms with Gasteiger partial charge >= 0.3 is 0 Å². The van der Waals surface area contributed by atoms with Crippen LogP contribution in [0.2, 0.25) is 0 Å². The average Bonchev–Trinajstić information content (AvgIpc) is 2.42. The van der Waals surface area contributed by atoms with Crippen molar-refractivity contribution >= 4 is 17.2 Å². The monoisotopic (exact) mass is 198 g/mol. The summed E-state index contributed by atoms with van der Waals surface area (Å²) in [6, 6.07) is 0. The van der Waals surface area contributed by atoms with Crippen LogP contribution in [0.15, 0.2) is 0 Å². The Morgan fingerprint density at radius 3 is 2.54 bits per heavy atom. The van der Waals surface area contributed by atoms with Gasteiger partial charge in [0.2, 0.25) is 0 Å². The summed E-state index contributed by atoms with van der Waals surface area (Å²) in [5, 5.41) is 0.949. The molecule has 0 N–H and O–H groups in total. The molecule has 0 saturated carbocycles. The first-order valence-electron chi connectivity index (χ1n) is 4.25. The van der Waals surface area contributed by atoms with Gasteiger partial charge in [0, 0.05) is 18.5 Å². The molecule has 1 rings (SSSR count). The number of hydrogen-bond donors (Lipinski definition) is 0. The van der Waals surface area contributed by atoms with Gasteiger partial charge in [0.1, 0.15) is 5.69 Å². The second kappa shape index (κ2) is 3.87. The lowest BCUT2D eigenvalue weighted by Gasteiger charge is -2.12. The Labute approximate surface area is 82.4 Å². The highest BCUT2D eigenvalue weighted by Gasteiger charge is 2.16. The molecular weight excluding hydrogens is 184 g/mol. The molecule has 72 valence electrons. The maximum atomic E-state index is 11.7. The molecule has 4 heteroatoms. The van der Waals surface area contributed by atoms with Crippen LogP contribution in [0, 0.1) is 13.8 Å². The molecule has 0 aromatic carbocycles. The van der Waals surface area contributed by atoms with E-state index in [1.54, 1.807) is 23.3 Å². The number of amides is 1. The average molecular weight is 198 g/mol. The van der Waals surface area contributed by atoms with Gasteiger partial charge in [-0.1, -0.05) is 0 Å². The molecule has 3 nitrogen and oxygen atoms in total. The summed E-state index contributed by atoms with van der Waals surface area (Å²) < 4.78 is 0. The number of aromatic nitrogens is 1. The normalized spacial score (nSPS) is 10.2. The van der Waals surface area contributed by atoms with Crippen LogP contribution < -0.4 is 0 Å². The molecule has 0 spiro atoms. The van der Waals surface area contributed by atoms with Crippen molar-refractivity contribution in [3.05, 3.63) is 15.6 Å². The first-order chi connectivity index (χ1) is 6.06. The lowest BCUT2D eigenvalue weighted by Crippen LogP contribution is -2.27. The number of rotatable bonds is 2. The van der Waals surface area contributed by atoms with E-state index in [4.69, 9.17) is 0 Å². The van der Waals surface area contributed by atoms with Gasteiger partial charge in [-0.3, -0.25) is 4.79 Å². The highest BCUT2D eigenvalue weighted by Crippen LogP contribution is 2.17. The van der Waals surface area contributed by atoms with Crippen molar-refractivity contribution in [1.29, 1.82) is 0 Å². The molecule has 0 radical (unpaired) electrons. The van der Waals surface area contributed by atoms with Crippen molar-refractivity contribution in [1.82, 2.24) is 9.88 Å². The van der Waals surface area contributed by atoms with Crippen molar-refractivity contribution < 1.29 is 4.79 Å². The zero-order chi connectivity index (χ0) is 10.0. The van der Waals surface area contributed by atoms with Gasteiger partial charge in [-0.25, -0.2) is 4.98 Å². The molecule has 1 heterocycles. The van der Waals surface area contributed by atoms with Crippen LogP contribution in [0.25, 0.3) is 0 Å². The van der Waals surface area contributed by atoms with Gasteiger partial charge in [-0.05, 0) is 20.8 Å². The third-order valence-electron chi connectivity index (χ3n) is 1.93. The predicted molar refractivity (Wildman–Crippen MR) is 54.2 cm³/mol. The van der Waals surface area contributed by atoms with E-state index in [0.717, 1.165) is 16.4 Å². The fraction of sp³-hybridized carbons (Fsp3) is 0.556. The van der Waals surface area contributed by atoms with Crippen LogP contribution >= 0.6 is 11.3 Å². The summed E-state index contributed by atoms with van der Waals surface area (Å²) >= 11 is 1.57. The molecule has 1 aromatic heterocycles. The maximum Gasteiger partial charge on any atom is 0.273 e. The minimum absolute atomic E-state index is 0.0179. The summed E-state index contributed by atoms with van der Waals surface area (Å²) in [6.07, 6.45) is 0. The summed E-state index contributed by atoms with van der Waals surface area (Å²) in [5.74, 6) is 0.0179. The van der Waals surface area contributed by atoms with Crippen molar-refractivity contribution in [2.75, 3.05) is 13.6 Å². The number of nitrogens with zero attached hydrogens (tertiary/aromatic N) is 2. The van der Waals surface area contributed by atoms with Crippen LogP contribution in [0.5, 0.6) is 0 Å². The summed E-state index contributed by atoms with van der Waals surface area (Å²) in [7, 11) is 1.79. The van der Waals surface area contributed by atoms with Crippen LogP contribution in [0.4, 0.5) is 0 Å². The zero-order valence-corrected chi connectivity index (χ0v) is 9.23. The SMILES string of the molecule is CCN(C)C(=O)c1nc(C)sc1C. The molecule has 0 atom stereocenters. The van der Waals surface area contributed by atoms with Crippen molar-refractivity contribution in [3.8, 4) is 0 Å². The number of thiazole rings is 1. The molecule has 1 aromatic rings. The van der Waals surface area contributed by atoms with E-state index in [1.165, 1.54) is 0 Å². The fourth-order valence-electron chi connectivity index (χ4n) is 1.05.